The van der Waals surface area contributed by atoms with Crippen LogP contribution < -0.4 is 5.73 Å². The number of fused-ring (bicyclic) bond motifs is 3. The second-order valence-electron chi connectivity index (χ2n) is 12.1. The standard InChI is InChI=1S/C29H39FN4O3Si/c1-17-11-21(24(30)12-20(17)19-7-8-19)18(2)33(3)29(35)26-13-25-27(22-14-37-15-23(22)28(31)32-25)34(26)16-36-9-10-38(4,5)6/h11-13,18-19H,7-10,14-16H2,1-6H3,(H2,31,32). The van der Waals surface area contributed by atoms with E-state index in [0.29, 0.717) is 48.3 Å². The van der Waals surface area contributed by atoms with Crippen LogP contribution in [0.5, 0.6) is 0 Å². The summed E-state index contributed by atoms with van der Waals surface area (Å²) in [5.74, 6) is 0.412. The van der Waals surface area contributed by atoms with E-state index in [0.717, 1.165) is 46.7 Å². The van der Waals surface area contributed by atoms with Gasteiger partial charge in [-0.3, -0.25) is 4.79 Å². The maximum atomic E-state index is 15.2. The molecule has 0 bridgehead atoms. The van der Waals surface area contributed by atoms with Gasteiger partial charge >= 0.3 is 0 Å². The Hall–Kier alpha value is -2.75. The summed E-state index contributed by atoms with van der Waals surface area (Å²) in [6, 6.07) is 5.90. The topological polar surface area (TPSA) is 82.6 Å². The third-order valence-corrected chi connectivity index (χ3v) is 9.66. The number of nitrogen functional groups attached to an aromatic ring is 1. The number of carbonyl (C=O) groups excluding carboxylic acids is 1. The minimum atomic E-state index is -1.27. The van der Waals surface area contributed by atoms with Crippen LogP contribution in [0.15, 0.2) is 18.2 Å². The third-order valence-electron chi connectivity index (χ3n) is 7.96. The van der Waals surface area contributed by atoms with Crippen LogP contribution in [0.3, 0.4) is 0 Å². The summed E-state index contributed by atoms with van der Waals surface area (Å²) in [7, 11) is 0.448. The lowest BCUT2D eigenvalue weighted by molar-refractivity contribution is 0.0669. The number of aryl methyl sites for hydroxylation is 1. The summed E-state index contributed by atoms with van der Waals surface area (Å²) in [6.07, 6.45) is 2.23. The van der Waals surface area contributed by atoms with Gasteiger partial charge in [-0.15, -0.1) is 0 Å². The molecule has 3 aromatic rings. The van der Waals surface area contributed by atoms with Gasteiger partial charge in [0.25, 0.3) is 5.91 Å². The Morgan fingerprint density at radius 1 is 1.26 bits per heavy atom. The van der Waals surface area contributed by atoms with Crippen molar-refractivity contribution in [2.45, 2.75) is 84.3 Å². The van der Waals surface area contributed by atoms with Crippen molar-refractivity contribution < 1.29 is 18.7 Å². The summed E-state index contributed by atoms with van der Waals surface area (Å²) < 4.78 is 28.9. The Morgan fingerprint density at radius 2 is 1.97 bits per heavy atom. The molecule has 0 saturated heterocycles. The van der Waals surface area contributed by atoms with Crippen molar-refractivity contribution >= 4 is 30.8 Å². The summed E-state index contributed by atoms with van der Waals surface area (Å²) >= 11 is 0. The molecule has 1 atom stereocenters. The zero-order valence-electron chi connectivity index (χ0n) is 23.4. The highest BCUT2D eigenvalue weighted by Crippen LogP contribution is 2.43. The van der Waals surface area contributed by atoms with Crippen molar-refractivity contribution in [2.24, 2.45) is 0 Å². The van der Waals surface area contributed by atoms with Crippen molar-refractivity contribution in [1.29, 1.82) is 0 Å². The monoisotopic (exact) mass is 538 g/mol. The Bertz CT molecular complexity index is 1390. The molecule has 0 spiro atoms. The molecule has 5 rings (SSSR count). The number of nitrogens with zero attached hydrogens (tertiary/aromatic N) is 3. The molecule has 9 heteroatoms. The van der Waals surface area contributed by atoms with Gasteiger partial charge in [0.2, 0.25) is 0 Å². The molecular formula is C29H39FN4O3Si. The minimum Gasteiger partial charge on any atom is -0.383 e. The van der Waals surface area contributed by atoms with Gasteiger partial charge < -0.3 is 24.7 Å². The Labute approximate surface area is 225 Å². The number of rotatable bonds is 9. The maximum Gasteiger partial charge on any atom is 0.270 e. The van der Waals surface area contributed by atoms with Gasteiger partial charge in [-0.05, 0) is 61.9 Å². The number of benzene rings is 1. The van der Waals surface area contributed by atoms with Gasteiger partial charge in [-0.1, -0.05) is 25.7 Å². The lowest BCUT2D eigenvalue weighted by Crippen LogP contribution is -2.32. The first-order chi connectivity index (χ1) is 18.0. The SMILES string of the molecule is Cc1cc(C(C)N(C)C(=O)c2cc3nc(N)c4c(c3n2COCC[Si](C)(C)C)COC4)c(F)cc1C1CC1. The van der Waals surface area contributed by atoms with Crippen LogP contribution in [0, 0.1) is 12.7 Å². The lowest BCUT2D eigenvalue weighted by Gasteiger charge is -2.27. The molecular weight excluding hydrogens is 499 g/mol. The van der Waals surface area contributed by atoms with Crippen LogP contribution in [0.25, 0.3) is 11.0 Å². The Balaban J connectivity index is 1.49. The molecule has 1 amide bonds. The van der Waals surface area contributed by atoms with E-state index in [1.165, 1.54) is 0 Å². The highest BCUT2D eigenvalue weighted by atomic mass is 28.3. The summed E-state index contributed by atoms with van der Waals surface area (Å²) in [5, 5.41) is 0. The number of amides is 1. The van der Waals surface area contributed by atoms with E-state index in [-0.39, 0.29) is 18.5 Å². The molecule has 1 saturated carbocycles. The molecule has 1 fully saturated rings. The normalized spacial score (nSPS) is 16.2. The van der Waals surface area contributed by atoms with Crippen LogP contribution in [0.1, 0.15) is 70.0 Å². The molecule has 7 nitrogen and oxygen atoms in total. The highest BCUT2D eigenvalue weighted by Gasteiger charge is 2.31. The Kier molecular flexibility index (Phi) is 7.13. The number of carbonyl (C=O) groups is 1. The van der Waals surface area contributed by atoms with E-state index in [4.69, 9.17) is 15.2 Å². The van der Waals surface area contributed by atoms with E-state index in [2.05, 4.69) is 24.6 Å². The molecule has 2 aromatic heterocycles. The van der Waals surface area contributed by atoms with Gasteiger partial charge in [0.1, 0.15) is 24.1 Å². The van der Waals surface area contributed by atoms with Gasteiger partial charge in [0.05, 0.1) is 30.3 Å². The van der Waals surface area contributed by atoms with E-state index in [9.17, 15) is 4.79 Å². The molecule has 2 aliphatic rings. The fraction of sp³-hybridized carbons (Fsp3) is 0.517. The first-order valence-electron chi connectivity index (χ1n) is 13.5. The van der Waals surface area contributed by atoms with Crippen LogP contribution in [0.2, 0.25) is 25.7 Å². The van der Waals surface area contributed by atoms with E-state index in [1.54, 1.807) is 24.1 Å². The fourth-order valence-electron chi connectivity index (χ4n) is 5.29. The smallest absolute Gasteiger partial charge is 0.270 e. The van der Waals surface area contributed by atoms with Crippen molar-refractivity contribution in [3.8, 4) is 0 Å². The molecule has 38 heavy (non-hydrogen) atoms. The zero-order chi connectivity index (χ0) is 27.4. The zero-order valence-corrected chi connectivity index (χ0v) is 24.4. The van der Waals surface area contributed by atoms with Crippen LogP contribution in [-0.2, 0) is 29.4 Å². The number of ether oxygens (including phenoxy) is 2. The summed E-state index contributed by atoms with van der Waals surface area (Å²) in [6.45, 7) is 12.5. The summed E-state index contributed by atoms with van der Waals surface area (Å²) in [5.41, 5.74) is 12.6. The second-order valence-corrected chi connectivity index (χ2v) is 17.7. The number of aromatic nitrogens is 2. The largest absolute Gasteiger partial charge is 0.383 e. The Morgan fingerprint density at radius 3 is 2.66 bits per heavy atom. The molecule has 3 heterocycles. The molecule has 204 valence electrons. The summed E-state index contributed by atoms with van der Waals surface area (Å²) in [4.78, 5) is 20.1. The van der Waals surface area contributed by atoms with Crippen molar-refractivity contribution in [2.75, 3.05) is 19.4 Å². The predicted molar refractivity (Wildman–Crippen MR) is 150 cm³/mol. The number of anilines is 1. The van der Waals surface area contributed by atoms with Crippen LogP contribution in [-0.4, -0.2) is 42.1 Å². The van der Waals surface area contributed by atoms with Gasteiger partial charge in [-0.2, -0.15) is 0 Å². The van der Waals surface area contributed by atoms with Gasteiger partial charge in [-0.25, -0.2) is 9.37 Å². The molecule has 1 aliphatic carbocycles. The van der Waals surface area contributed by atoms with Crippen LogP contribution in [0.4, 0.5) is 10.2 Å². The average Bonchev–Trinajstić information content (AvgIpc) is 3.46. The molecule has 1 aromatic carbocycles. The minimum absolute atomic E-state index is 0.221. The number of hydrogen-bond acceptors (Lipinski definition) is 5. The van der Waals surface area contributed by atoms with Gasteiger partial charge in [0.15, 0.2) is 0 Å². The number of halogens is 1. The predicted octanol–water partition coefficient (Wildman–Crippen LogP) is 6.12. The molecule has 1 unspecified atom stereocenters. The number of hydrogen-bond donors (Lipinski definition) is 1. The maximum absolute atomic E-state index is 15.2. The fourth-order valence-corrected chi connectivity index (χ4v) is 6.04. The average molecular weight is 539 g/mol. The lowest BCUT2D eigenvalue weighted by atomic mass is 9.97. The third kappa shape index (κ3) is 5.11. The highest BCUT2D eigenvalue weighted by molar-refractivity contribution is 6.76. The van der Waals surface area contributed by atoms with Crippen molar-refractivity contribution in [3.63, 3.8) is 0 Å². The van der Waals surface area contributed by atoms with Crippen molar-refractivity contribution in [1.82, 2.24) is 14.5 Å². The van der Waals surface area contributed by atoms with Crippen LogP contribution >= 0.6 is 0 Å². The number of nitrogens with two attached hydrogens (primary N) is 1. The second kappa shape index (κ2) is 10.1. The van der Waals surface area contributed by atoms with E-state index >= 15 is 4.39 Å². The molecule has 0 radical (unpaired) electrons. The van der Waals surface area contributed by atoms with Crippen molar-refractivity contribution in [3.05, 3.63) is 57.5 Å². The molecule has 2 N–H and O–H groups in total. The molecule has 1 aliphatic heterocycles. The first-order valence-corrected chi connectivity index (χ1v) is 17.2. The van der Waals surface area contributed by atoms with E-state index < -0.39 is 14.1 Å². The van der Waals surface area contributed by atoms with E-state index in [1.807, 2.05) is 24.5 Å². The van der Waals surface area contributed by atoms with Gasteiger partial charge in [0, 0.05) is 38.4 Å². The number of pyridine rings is 1. The quantitative estimate of drug-likeness (QED) is 0.262. The first kappa shape index (κ1) is 26.8.